The number of ether oxygens (including phenoxy) is 1. The first kappa shape index (κ1) is 68.7. The third-order valence-electron chi connectivity index (χ3n) is 15.9. The summed E-state index contributed by atoms with van der Waals surface area (Å²) in [6, 6.07) is -12.8. The van der Waals surface area contributed by atoms with Crippen molar-refractivity contribution in [1.82, 2.24) is 45.3 Å². The first-order chi connectivity index (χ1) is 36.6. The Labute approximate surface area is 466 Å². The Bertz CT molecular complexity index is 2220. The summed E-state index contributed by atoms with van der Waals surface area (Å²) < 4.78 is 5.77. The maximum atomic E-state index is 15.0. The summed E-state index contributed by atoms with van der Waals surface area (Å²) in [6.07, 6.45) is -1.24. The van der Waals surface area contributed by atoms with Crippen LogP contribution >= 0.6 is 0 Å². The molecule has 9 amide bonds. The van der Waals surface area contributed by atoms with Crippen LogP contribution in [0.15, 0.2) is 0 Å². The smallest absolute Gasteiger partial charge is 0.329 e. The molecule has 24 heteroatoms. The fourth-order valence-electron chi connectivity index (χ4n) is 10.6. The van der Waals surface area contributed by atoms with Gasteiger partial charge in [-0.2, -0.15) is 0 Å². The number of hydrogen-bond acceptors (Lipinski definition) is 13. The minimum absolute atomic E-state index is 0.0950. The van der Waals surface area contributed by atoms with Gasteiger partial charge in [0.25, 0.3) is 5.91 Å². The van der Waals surface area contributed by atoms with E-state index in [-0.39, 0.29) is 25.8 Å². The normalized spacial score (nSPS) is 28.3. The molecule has 2 rings (SSSR count). The molecule has 0 aromatic rings. The molecule has 2 fully saturated rings. The topological polar surface area (TPSA) is 310 Å². The predicted octanol–water partition coefficient (Wildman–Crippen LogP) is 1.96. The quantitative estimate of drug-likeness (QED) is 0.165. The van der Waals surface area contributed by atoms with Crippen molar-refractivity contribution < 1.29 is 72.5 Å². The lowest BCUT2D eigenvalue weighted by Crippen LogP contribution is -2.63. The van der Waals surface area contributed by atoms with Crippen LogP contribution < -0.4 is 16.0 Å². The maximum absolute atomic E-state index is 15.0. The number of aliphatic carboxylic acids is 2. The van der Waals surface area contributed by atoms with Crippen molar-refractivity contribution in [2.45, 2.75) is 202 Å². The van der Waals surface area contributed by atoms with Crippen LogP contribution in [0.4, 0.5) is 0 Å². The highest BCUT2D eigenvalue weighted by atomic mass is 16.5. The lowest BCUT2D eigenvalue weighted by molar-refractivity contribution is -0.166. The van der Waals surface area contributed by atoms with Crippen LogP contribution in [-0.4, -0.2) is 213 Å². The van der Waals surface area contributed by atoms with Gasteiger partial charge in [0, 0.05) is 41.8 Å². The highest BCUT2D eigenvalue weighted by Gasteiger charge is 2.47. The Kier molecular flexibility index (Phi) is 26.4. The molecule has 2 saturated heterocycles. The first-order valence-corrected chi connectivity index (χ1v) is 27.8. The van der Waals surface area contributed by atoms with Crippen LogP contribution in [0.5, 0.6) is 0 Å². The molecule has 0 radical (unpaired) electrons. The largest absolute Gasteiger partial charge is 0.481 e. The Balaban J connectivity index is 3.01. The Morgan fingerprint density at radius 1 is 0.506 bits per heavy atom. The second-order valence-corrected chi connectivity index (χ2v) is 22.8. The van der Waals surface area contributed by atoms with E-state index in [0.29, 0.717) is 19.3 Å². The van der Waals surface area contributed by atoms with Crippen LogP contribution in [0.2, 0.25) is 0 Å². The third-order valence-corrected chi connectivity index (χ3v) is 15.9. The van der Waals surface area contributed by atoms with Crippen molar-refractivity contribution in [1.29, 1.82) is 0 Å². The van der Waals surface area contributed by atoms with Gasteiger partial charge < -0.3 is 60.3 Å². The molecule has 0 aromatic carbocycles. The minimum Gasteiger partial charge on any atom is -0.481 e. The van der Waals surface area contributed by atoms with Gasteiger partial charge in [0.15, 0.2) is 6.10 Å². The van der Waals surface area contributed by atoms with Crippen molar-refractivity contribution in [2.24, 2.45) is 35.5 Å². The fourth-order valence-corrected chi connectivity index (χ4v) is 10.6. The number of carboxylic acids is 2. The molecule has 0 aromatic heterocycles. The molecular weight excluding hydrogens is 1030 g/mol. The number of fused-ring (bicyclic) bond motifs is 1. The predicted molar refractivity (Wildman–Crippen MR) is 291 cm³/mol. The van der Waals surface area contributed by atoms with Gasteiger partial charge in [-0.05, 0) is 61.7 Å². The average Bonchev–Trinajstić information content (AvgIpc) is 3.39. The highest BCUT2D eigenvalue weighted by Crippen LogP contribution is 2.27. The second-order valence-electron chi connectivity index (χ2n) is 22.8. The summed E-state index contributed by atoms with van der Waals surface area (Å²) in [6.45, 7) is 21.5. The van der Waals surface area contributed by atoms with E-state index in [1.807, 2.05) is 0 Å². The Hall–Kier alpha value is -6.36. The number of amides is 9. The Morgan fingerprint density at radius 2 is 0.949 bits per heavy atom. The van der Waals surface area contributed by atoms with Crippen molar-refractivity contribution in [3.8, 4) is 0 Å². The van der Waals surface area contributed by atoms with Gasteiger partial charge in [0.05, 0.1) is 12.8 Å². The molecule has 448 valence electrons. The first-order valence-electron chi connectivity index (χ1n) is 27.8. The summed E-state index contributed by atoms with van der Waals surface area (Å²) in [5, 5.41) is 28.3. The number of piperidine rings is 1. The fraction of sp³-hybridized carbons (Fsp3) is 0.782. The van der Waals surface area contributed by atoms with E-state index in [0.717, 1.165) is 19.6 Å². The maximum Gasteiger partial charge on any atom is 0.329 e. The molecule has 2 aliphatic rings. The van der Waals surface area contributed by atoms with Crippen LogP contribution in [0, 0.1) is 35.5 Å². The number of hydrogen-bond donors (Lipinski definition) is 5. The van der Waals surface area contributed by atoms with E-state index >= 15 is 0 Å². The van der Waals surface area contributed by atoms with Crippen LogP contribution in [0.1, 0.15) is 141 Å². The zero-order valence-electron chi connectivity index (χ0n) is 50.0. The number of carbonyl (C=O) groups excluding carboxylic acids is 10. The van der Waals surface area contributed by atoms with Gasteiger partial charge in [0.2, 0.25) is 47.3 Å². The molecule has 2 heterocycles. The minimum atomic E-state index is -1.80. The summed E-state index contributed by atoms with van der Waals surface area (Å²) in [5.41, 5.74) is 0. The van der Waals surface area contributed by atoms with Crippen LogP contribution in [-0.2, 0) is 62.3 Å². The summed E-state index contributed by atoms with van der Waals surface area (Å²) in [5.74, 6) is -15.2. The van der Waals surface area contributed by atoms with E-state index < -0.39 is 180 Å². The second kappa shape index (κ2) is 30.3. The van der Waals surface area contributed by atoms with Crippen molar-refractivity contribution in [3.63, 3.8) is 0 Å². The number of likely N-dealkylation sites (N-methyl/N-ethyl adjacent to an activating group) is 5. The van der Waals surface area contributed by atoms with Gasteiger partial charge in [-0.15, -0.1) is 0 Å². The van der Waals surface area contributed by atoms with Crippen molar-refractivity contribution in [2.75, 3.05) is 41.8 Å². The number of nitrogens with one attached hydrogen (secondary N) is 3. The zero-order chi connectivity index (χ0) is 60.8. The monoisotopic (exact) mass is 1120 g/mol. The molecule has 79 heavy (non-hydrogen) atoms. The standard InChI is InChI=1S/C55H93N9O15/c1-19-31(10)41-55(78)79-34(13)49(72)64-25-23-22-24-36(64)51(74)61(16)43(30(8)9)46(69)57-40(28(4)5)53(76)59(14)37(27-39(67)68)52(75)63(18)45(33(12)21-3)54(77)62(17)44(32(11)20-2)48(71)56-35(26-38(65)66)50(73)60(15)42(29(6)7)47(70)58-41/h28-37,40-45H,19-27H2,1-18H3,(H,56,71)(H,57,69)(H,58,70)(H,65,66)(H,67,68)/t31-,32-,33-,34+,35-,36-,37-,40+,41-,42+,43-,44-,45+/m0/s1. The Morgan fingerprint density at radius 3 is 1.42 bits per heavy atom. The highest BCUT2D eigenvalue weighted by molar-refractivity contribution is 6.00. The van der Waals surface area contributed by atoms with Crippen molar-refractivity contribution in [3.05, 3.63) is 0 Å². The molecule has 24 nitrogen and oxygen atoms in total. The molecule has 0 bridgehead atoms. The van der Waals surface area contributed by atoms with E-state index in [2.05, 4.69) is 16.0 Å². The van der Waals surface area contributed by atoms with E-state index in [1.54, 1.807) is 83.1 Å². The molecule has 13 atom stereocenters. The average molecular weight is 1120 g/mol. The van der Waals surface area contributed by atoms with Crippen LogP contribution in [0.25, 0.3) is 0 Å². The molecule has 0 spiro atoms. The van der Waals surface area contributed by atoms with Gasteiger partial charge in [0.1, 0.15) is 54.4 Å². The summed E-state index contributed by atoms with van der Waals surface area (Å²) in [4.78, 5) is 177. The van der Waals surface area contributed by atoms with Crippen LogP contribution in [0.3, 0.4) is 0 Å². The number of rotatable bonds is 13. The number of cyclic esters (lactones) is 1. The molecular formula is C55H93N9O15. The van der Waals surface area contributed by atoms with Gasteiger partial charge >= 0.3 is 17.9 Å². The SMILES string of the molecule is CC[C@H](C)[C@@H]1NC(=O)[C@@H](C(C)C)N(C)C(=O)[C@H](CC(=O)O)NC(=O)[C@H]([C@@H](C)CC)N(C)C(=O)[C@@H]([C@@H](C)CC)N(C)C(=O)[C@H](CC(=O)O)N(C)C(=O)[C@@H](C(C)C)NC(=O)[C@H](C(C)C)N(C)C(=O)[C@@H]2CCCCN2C(=O)[C@@H](C)OC1=O. The van der Waals surface area contributed by atoms with Gasteiger partial charge in [-0.3, -0.25) is 52.7 Å². The molecule has 0 unspecified atom stereocenters. The van der Waals surface area contributed by atoms with E-state index in [9.17, 15) is 67.7 Å². The van der Waals surface area contributed by atoms with E-state index in [1.165, 1.54) is 52.0 Å². The third kappa shape index (κ3) is 17.1. The lowest BCUT2D eigenvalue weighted by atomic mass is 9.92. The summed E-state index contributed by atoms with van der Waals surface area (Å²) >= 11 is 0. The summed E-state index contributed by atoms with van der Waals surface area (Å²) in [7, 11) is 6.43. The molecule has 0 aliphatic carbocycles. The molecule has 5 N–H and O–H groups in total. The molecule has 0 saturated carbocycles. The number of carboxylic acid groups (broad SMARTS) is 2. The number of carbonyl (C=O) groups is 12. The zero-order valence-corrected chi connectivity index (χ0v) is 50.0. The lowest BCUT2D eigenvalue weighted by Gasteiger charge is -2.41. The number of nitrogens with zero attached hydrogens (tertiary/aromatic N) is 6. The van der Waals surface area contributed by atoms with Crippen molar-refractivity contribution >= 4 is 71.1 Å². The van der Waals surface area contributed by atoms with E-state index in [4.69, 9.17) is 4.74 Å². The van der Waals surface area contributed by atoms with Gasteiger partial charge in [-0.1, -0.05) is 102 Å². The number of esters is 1. The molecule has 2 aliphatic heterocycles. The van der Waals surface area contributed by atoms with Gasteiger partial charge in [-0.25, -0.2) is 4.79 Å².